The van der Waals surface area contributed by atoms with Crippen molar-refractivity contribution in [3.63, 3.8) is 0 Å². The zero-order valence-electron chi connectivity index (χ0n) is 13.7. The lowest BCUT2D eigenvalue weighted by Crippen LogP contribution is -2.24. The molecule has 2 aromatic carbocycles. The maximum atomic E-state index is 12.9. The summed E-state index contributed by atoms with van der Waals surface area (Å²) in [6.07, 6.45) is 0. The highest BCUT2D eigenvalue weighted by molar-refractivity contribution is 5.92. The third kappa shape index (κ3) is 4.38. The Hall–Kier alpha value is -3.28. The minimum absolute atomic E-state index is 0.220. The molecule has 1 aromatic heterocycles. The monoisotopic (exact) mass is 336 g/mol. The Bertz CT molecular complexity index is 863. The van der Waals surface area contributed by atoms with E-state index in [2.05, 4.69) is 20.8 Å². The van der Waals surface area contributed by atoms with Crippen LogP contribution < -0.4 is 10.6 Å². The van der Waals surface area contributed by atoms with Gasteiger partial charge < -0.3 is 10.6 Å². The number of rotatable bonds is 5. The van der Waals surface area contributed by atoms with Crippen molar-refractivity contribution < 1.29 is 9.18 Å². The van der Waals surface area contributed by atoms with E-state index < -0.39 is 0 Å². The van der Waals surface area contributed by atoms with Crippen molar-refractivity contribution in [1.29, 1.82) is 0 Å². The van der Waals surface area contributed by atoms with E-state index in [1.54, 1.807) is 24.3 Å². The van der Waals surface area contributed by atoms with Crippen LogP contribution in [0.3, 0.4) is 0 Å². The third-order valence-electron chi connectivity index (χ3n) is 3.67. The second kappa shape index (κ2) is 7.53. The number of hydrogen-bond donors (Lipinski definition) is 2. The number of nitrogens with one attached hydrogen (secondary N) is 2. The van der Waals surface area contributed by atoms with Crippen LogP contribution in [-0.2, 0) is 6.54 Å². The summed E-state index contributed by atoms with van der Waals surface area (Å²) in [5.74, 6) is -0.0821. The van der Waals surface area contributed by atoms with Gasteiger partial charge in [-0.3, -0.25) is 4.79 Å². The number of aryl methyl sites for hydroxylation is 1. The molecule has 0 bridgehead atoms. The number of anilines is 2. The number of halogens is 1. The van der Waals surface area contributed by atoms with Gasteiger partial charge in [0.1, 0.15) is 5.82 Å². The number of aromatic nitrogens is 2. The van der Waals surface area contributed by atoms with E-state index in [1.807, 2.05) is 31.2 Å². The van der Waals surface area contributed by atoms with E-state index in [1.165, 1.54) is 12.1 Å². The summed E-state index contributed by atoms with van der Waals surface area (Å²) in [4.78, 5) is 12.1. The van der Waals surface area contributed by atoms with E-state index in [9.17, 15) is 9.18 Å². The van der Waals surface area contributed by atoms with Gasteiger partial charge in [0.15, 0.2) is 11.5 Å². The van der Waals surface area contributed by atoms with Crippen molar-refractivity contribution in [2.24, 2.45) is 0 Å². The smallest absolute Gasteiger partial charge is 0.272 e. The van der Waals surface area contributed by atoms with E-state index in [0.29, 0.717) is 12.4 Å². The van der Waals surface area contributed by atoms with Crippen molar-refractivity contribution in [2.75, 3.05) is 5.32 Å². The highest BCUT2D eigenvalue weighted by Crippen LogP contribution is 2.17. The summed E-state index contributed by atoms with van der Waals surface area (Å²) in [6.45, 7) is 2.29. The van der Waals surface area contributed by atoms with E-state index >= 15 is 0 Å². The minimum atomic E-state index is -0.334. The quantitative estimate of drug-likeness (QED) is 0.747. The molecule has 0 aliphatic heterocycles. The summed E-state index contributed by atoms with van der Waals surface area (Å²) < 4.78 is 12.9. The first-order valence-electron chi connectivity index (χ1n) is 7.81. The maximum Gasteiger partial charge on any atom is 0.272 e. The van der Waals surface area contributed by atoms with Crippen LogP contribution in [-0.4, -0.2) is 16.1 Å². The molecule has 2 N–H and O–H groups in total. The molecule has 3 aromatic rings. The van der Waals surface area contributed by atoms with Gasteiger partial charge in [-0.25, -0.2) is 4.39 Å². The van der Waals surface area contributed by atoms with Crippen LogP contribution in [0.15, 0.2) is 60.7 Å². The first-order valence-corrected chi connectivity index (χ1v) is 7.81. The molecule has 0 spiro atoms. The lowest BCUT2D eigenvalue weighted by Gasteiger charge is -2.08. The molecular weight excluding hydrogens is 319 g/mol. The van der Waals surface area contributed by atoms with Crippen LogP contribution in [0.1, 0.15) is 21.6 Å². The highest BCUT2D eigenvalue weighted by atomic mass is 19.1. The van der Waals surface area contributed by atoms with E-state index in [0.717, 1.165) is 16.8 Å². The first-order chi connectivity index (χ1) is 12.1. The second-order valence-corrected chi connectivity index (χ2v) is 5.55. The van der Waals surface area contributed by atoms with Crippen molar-refractivity contribution >= 4 is 17.4 Å². The molecular formula is C19H17FN4O. The maximum absolute atomic E-state index is 12.9. The van der Waals surface area contributed by atoms with Gasteiger partial charge >= 0.3 is 0 Å². The van der Waals surface area contributed by atoms with Crippen LogP contribution in [0.5, 0.6) is 0 Å². The Morgan fingerprint density at radius 1 is 1.00 bits per heavy atom. The second-order valence-electron chi connectivity index (χ2n) is 5.55. The number of carbonyl (C=O) groups excluding carboxylic acids is 1. The number of para-hydroxylation sites is 1. The molecule has 1 heterocycles. The Kier molecular flexibility index (Phi) is 4.99. The number of benzene rings is 2. The standard InChI is InChI=1S/C19H17FN4O/c1-13-4-2-3-5-16(13)22-18-11-10-17(23-24-18)19(25)21-12-14-6-8-15(20)9-7-14/h2-11H,12H2,1H3,(H,21,25)(H,22,24). The average molecular weight is 336 g/mol. The topological polar surface area (TPSA) is 66.9 Å². The molecule has 0 atom stereocenters. The number of nitrogens with zero attached hydrogens (tertiary/aromatic N) is 2. The normalized spacial score (nSPS) is 10.3. The fourth-order valence-electron chi connectivity index (χ4n) is 2.25. The predicted octanol–water partition coefficient (Wildman–Crippen LogP) is 3.60. The van der Waals surface area contributed by atoms with E-state index in [4.69, 9.17) is 0 Å². The number of amides is 1. The molecule has 0 unspecified atom stereocenters. The molecule has 0 saturated heterocycles. The summed E-state index contributed by atoms with van der Waals surface area (Å²) >= 11 is 0. The average Bonchev–Trinajstić information content (AvgIpc) is 2.63. The van der Waals surface area contributed by atoms with Crippen LogP contribution in [0, 0.1) is 12.7 Å². The molecule has 0 aliphatic rings. The van der Waals surface area contributed by atoms with Gasteiger partial charge in [-0.15, -0.1) is 10.2 Å². The first kappa shape index (κ1) is 16.6. The van der Waals surface area contributed by atoms with Crippen LogP contribution in [0.2, 0.25) is 0 Å². The zero-order valence-corrected chi connectivity index (χ0v) is 13.7. The molecule has 6 heteroatoms. The van der Waals surface area contributed by atoms with Crippen molar-refractivity contribution in [3.05, 3.63) is 83.3 Å². The fraction of sp³-hybridized carbons (Fsp3) is 0.105. The number of hydrogen-bond acceptors (Lipinski definition) is 4. The lowest BCUT2D eigenvalue weighted by molar-refractivity contribution is 0.0945. The van der Waals surface area contributed by atoms with Crippen molar-refractivity contribution in [2.45, 2.75) is 13.5 Å². The van der Waals surface area contributed by atoms with Crippen LogP contribution in [0.4, 0.5) is 15.9 Å². The largest absolute Gasteiger partial charge is 0.347 e. The molecule has 0 fully saturated rings. The Morgan fingerprint density at radius 2 is 1.76 bits per heavy atom. The van der Waals surface area contributed by atoms with Gasteiger partial charge in [-0.05, 0) is 48.4 Å². The Morgan fingerprint density at radius 3 is 2.44 bits per heavy atom. The van der Waals surface area contributed by atoms with Gasteiger partial charge in [0.2, 0.25) is 0 Å². The molecule has 25 heavy (non-hydrogen) atoms. The molecule has 0 aliphatic carbocycles. The van der Waals surface area contributed by atoms with E-state index in [-0.39, 0.29) is 17.4 Å². The van der Waals surface area contributed by atoms with Gasteiger partial charge in [-0.2, -0.15) is 0 Å². The van der Waals surface area contributed by atoms with Gasteiger partial charge in [0.05, 0.1) is 0 Å². The molecule has 0 radical (unpaired) electrons. The Labute approximate surface area is 144 Å². The summed E-state index contributed by atoms with van der Waals surface area (Å²) in [5, 5.41) is 13.9. The molecule has 1 amide bonds. The number of carbonyl (C=O) groups is 1. The van der Waals surface area contributed by atoms with Crippen molar-refractivity contribution in [1.82, 2.24) is 15.5 Å². The third-order valence-corrected chi connectivity index (χ3v) is 3.67. The minimum Gasteiger partial charge on any atom is -0.347 e. The zero-order chi connectivity index (χ0) is 17.6. The molecule has 3 rings (SSSR count). The van der Waals surface area contributed by atoms with Gasteiger partial charge in [-0.1, -0.05) is 30.3 Å². The molecule has 5 nitrogen and oxygen atoms in total. The fourth-order valence-corrected chi connectivity index (χ4v) is 2.25. The summed E-state index contributed by atoms with van der Waals surface area (Å²) in [6, 6.07) is 17.1. The van der Waals surface area contributed by atoms with Crippen LogP contribution >= 0.6 is 0 Å². The van der Waals surface area contributed by atoms with Gasteiger partial charge in [0.25, 0.3) is 5.91 Å². The SMILES string of the molecule is Cc1ccccc1Nc1ccc(C(=O)NCc2ccc(F)cc2)nn1. The summed E-state index contributed by atoms with van der Waals surface area (Å²) in [5.41, 5.74) is 3.05. The summed E-state index contributed by atoms with van der Waals surface area (Å²) in [7, 11) is 0. The highest BCUT2D eigenvalue weighted by Gasteiger charge is 2.08. The molecule has 0 saturated carbocycles. The van der Waals surface area contributed by atoms with Crippen molar-refractivity contribution in [3.8, 4) is 0 Å². The lowest BCUT2D eigenvalue weighted by atomic mass is 10.2. The van der Waals surface area contributed by atoms with Gasteiger partial charge in [0, 0.05) is 12.2 Å². The predicted molar refractivity (Wildman–Crippen MR) is 94.1 cm³/mol. The van der Waals surface area contributed by atoms with Crippen LogP contribution in [0.25, 0.3) is 0 Å². The Balaban J connectivity index is 1.60. The molecule has 126 valence electrons.